The Kier molecular flexibility index (Phi) is 3.80. The van der Waals surface area contributed by atoms with Crippen LogP contribution in [-0.2, 0) is 0 Å². The van der Waals surface area contributed by atoms with Crippen LogP contribution in [0.25, 0.3) is 0 Å². The monoisotopic (exact) mass is 79.1 g/mol. The molecule has 0 atom stereocenters. The third kappa shape index (κ3) is 3.30. The highest BCUT2D eigenvalue weighted by Crippen LogP contribution is 1.60. The molecular formula is C6H7. The van der Waals surface area contributed by atoms with E-state index in [2.05, 4.69) is 18.8 Å². The van der Waals surface area contributed by atoms with E-state index in [-0.39, 0.29) is 0 Å². The predicted molar refractivity (Wildman–Crippen MR) is 27.9 cm³/mol. The first-order valence-electron chi connectivity index (χ1n) is 1.78. The van der Waals surface area contributed by atoms with Gasteiger partial charge in [0, 0.05) is 0 Å². The van der Waals surface area contributed by atoms with E-state index in [1.54, 1.807) is 19.1 Å². The lowest BCUT2D eigenvalue weighted by molar-refractivity contribution is 1.90. The molecule has 0 aliphatic rings. The van der Waals surface area contributed by atoms with E-state index in [1.165, 1.54) is 0 Å². The van der Waals surface area contributed by atoms with Gasteiger partial charge in [-0.25, -0.2) is 0 Å². The Bertz CT molecular complexity index is 88.3. The highest BCUT2D eigenvalue weighted by Gasteiger charge is 1.45. The summed E-state index contributed by atoms with van der Waals surface area (Å²) in [7, 11) is 0. The van der Waals surface area contributed by atoms with E-state index in [0.29, 0.717) is 0 Å². The maximum Gasteiger partial charge on any atom is -0.00235 e. The Hall–Kier alpha value is -0.700. The quantitative estimate of drug-likeness (QED) is 0.385. The summed E-state index contributed by atoms with van der Waals surface area (Å²) < 4.78 is 0. The van der Waals surface area contributed by atoms with Crippen LogP contribution in [0.4, 0.5) is 0 Å². The van der Waals surface area contributed by atoms with Gasteiger partial charge in [0.05, 0.1) is 0 Å². The lowest BCUT2D eigenvalue weighted by Gasteiger charge is -1.56. The molecule has 6 heavy (non-hydrogen) atoms. The molecule has 0 amide bonds. The van der Waals surface area contributed by atoms with Crippen LogP contribution in [0.3, 0.4) is 0 Å². The highest BCUT2D eigenvalue weighted by molar-refractivity contribution is 5.14. The molecule has 0 bridgehead atoms. The molecule has 0 heteroatoms. The summed E-state index contributed by atoms with van der Waals surface area (Å²) in [5, 5.41) is 0. The minimum absolute atomic E-state index is 1.66. The van der Waals surface area contributed by atoms with E-state index >= 15 is 0 Å². The van der Waals surface area contributed by atoms with Crippen molar-refractivity contribution in [2.45, 2.75) is 6.92 Å². The van der Waals surface area contributed by atoms with Gasteiger partial charge in [-0.3, -0.25) is 0 Å². The lowest BCUT2D eigenvalue weighted by Crippen LogP contribution is -1.41. The van der Waals surface area contributed by atoms with Crippen molar-refractivity contribution in [2.75, 3.05) is 0 Å². The molecule has 0 nitrogen and oxygen atoms in total. The lowest BCUT2D eigenvalue weighted by atomic mass is 10.5. The van der Waals surface area contributed by atoms with Crippen LogP contribution < -0.4 is 0 Å². The predicted octanol–water partition coefficient (Wildman–Crippen LogP) is 1.40. The van der Waals surface area contributed by atoms with Gasteiger partial charge in [-0.2, -0.15) is 0 Å². The number of hydrogen-bond acceptors (Lipinski definition) is 0. The van der Waals surface area contributed by atoms with Crippen molar-refractivity contribution >= 4 is 0 Å². The summed E-state index contributed by atoms with van der Waals surface area (Å²) in [4.78, 5) is 0. The second kappa shape index (κ2) is 4.30. The van der Waals surface area contributed by atoms with Crippen LogP contribution in [0.2, 0.25) is 0 Å². The summed E-state index contributed by atoms with van der Waals surface area (Å²) in [6.45, 7) is 5.23. The summed E-state index contributed by atoms with van der Waals surface area (Å²) >= 11 is 0. The SMILES string of the molecule is [CH2]C=CC#CC. The zero-order valence-electron chi connectivity index (χ0n) is 3.86. The van der Waals surface area contributed by atoms with E-state index in [0.717, 1.165) is 0 Å². The molecule has 31 valence electrons. The van der Waals surface area contributed by atoms with Crippen molar-refractivity contribution < 1.29 is 0 Å². The zero-order valence-corrected chi connectivity index (χ0v) is 3.86. The molecule has 0 aromatic heterocycles. The Morgan fingerprint density at radius 3 is 2.50 bits per heavy atom. The maximum atomic E-state index is 3.44. The third-order valence-electron chi connectivity index (χ3n) is 0.346. The van der Waals surface area contributed by atoms with Gasteiger partial charge in [0.1, 0.15) is 0 Å². The molecular weight excluding hydrogens is 72.1 g/mol. The molecule has 0 spiro atoms. The molecule has 1 radical (unpaired) electrons. The van der Waals surface area contributed by atoms with Gasteiger partial charge in [-0.1, -0.05) is 12.0 Å². The fourth-order valence-corrected chi connectivity index (χ4v) is 0.142. The van der Waals surface area contributed by atoms with Crippen LogP contribution in [0.1, 0.15) is 6.92 Å². The van der Waals surface area contributed by atoms with Crippen LogP contribution in [-0.4, -0.2) is 0 Å². The second-order valence-corrected chi connectivity index (χ2v) is 0.797. The van der Waals surface area contributed by atoms with Crippen molar-refractivity contribution in [3.05, 3.63) is 19.1 Å². The Morgan fingerprint density at radius 2 is 2.33 bits per heavy atom. The normalized spacial score (nSPS) is 7.67. The number of allylic oxidation sites excluding steroid dienone is 2. The average Bonchev–Trinajstić information content (AvgIpc) is 1.61. The molecule has 0 saturated carbocycles. The fourth-order valence-electron chi connectivity index (χ4n) is 0.142. The van der Waals surface area contributed by atoms with E-state index in [1.807, 2.05) is 0 Å². The Morgan fingerprint density at radius 1 is 1.67 bits per heavy atom. The summed E-state index contributed by atoms with van der Waals surface area (Å²) in [6.07, 6.45) is 3.37. The van der Waals surface area contributed by atoms with Gasteiger partial charge in [0.2, 0.25) is 0 Å². The number of rotatable bonds is 0. The van der Waals surface area contributed by atoms with E-state index in [9.17, 15) is 0 Å². The first kappa shape index (κ1) is 5.30. The molecule has 0 aliphatic heterocycles. The van der Waals surface area contributed by atoms with Crippen LogP contribution >= 0.6 is 0 Å². The standard InChI is InChI=1S/C6H7/c1-3-5-6-4-2/h3,5H,1H2,2H3. The molecule has 0 fully saturated rings. The van der Waals surface area contributed by atoms with Gasteiger partial charge >= 0.3 is 0 Å². The largest absolute Gasteiger partial charge is 0.102 e. The summed E-state index contributed by atoms with van der Waals surface area (Å²) in [5.41, 5.74) is 0. The average molecular weight is 79.1 g/mol. The minimum Gasteiger partial charge on any atom is -0.102 e. The maximum absolute atomic E-state index is 3.44. The van der Waals surface area contributed by atoms with Gasteiger partial charge in [0.25, 0.3) is 0 Å². The first-order valence-corrected chi connectivity index (χ1v) is 1.78. The van der Waals surface area contributed by atoms with Crippen molar-refractivity contribution in [1.29, 1.82) is 0 Å². The van der Waals surface area contributed by atoms with Gasteiger partial charge < -0.3 is 0 Å². The third-order valence-corrected chi connectivity index (χ3v) is 0.346. The molecule has 0 heterocycles. The molecule has 0 rings (SSSR count). The van der Waals surface area contributed by atoms with Crippen molar-refractivity contribution in [1.82, 2.24) is 0 Å². The minimum atomic E-state index is 1.66. The van der Waals surface area contributed by atoms with Crippen molar-refractivity contribution in [2.24, 2.45) is 0 Å². The van der Waals surface area contributed by atoms with E-state index in [4.69, 9.17) is 0 Å². The molecule has 0 saturated heterocycles. The van der Waals surface area contributed by atoms with Crippen LogP contribution in [0, 0.1) is 18.8 Å². The van der Waals surface area contributed by atoms with Crippen molar-refractivity contribution in [3.63, 3.8) is 0 Å². The Balaban J connectivity index is 3.24. The second-order valence-electron chi connectivity index (χ2n) is 0.797. The Labute approximate surface area is 38.9 Å². The summed E-state index contributed by atoms with van der Waals surface area (Å²) in [5.74, 6) is 5.40. The van der Waals surface area contributed by atoms with Gasteiger partial charge in [-0.05, 0) is 19.9 Å². The molecule has 0 unspecified atom stereocenters. The first-order chi connectivity index (χ1) is 2.91. The van der Waals surface area contributed by atoms with Crippen molar-refractivity contribution in [3.8, 4) is 11.8 Å². The van der Waals surface area contributed by atoms with Crippen LogP contribution in [0.5, 0.6) is 0 Å². The molecule has 0 aromatic carbocycles. The fraction of sp³-hybridized carbons (Fsp3) is 0.167. The van der Waals surface area contributed by atoms with Crippen LogP contribution in [0.15, 0.2) is 12.2 Å². The smallest absolute Gasteiger partial charge is 0.00235 e. The van der Waals surface area contributed by atoms with Gasteiger partial charge in [-0.15, -0.1) is 5.92 Å². The topological polar surface area (TPSA) is 0 Å². The van der Waals surface area contributed by atoms with E-state index < -0.39 is 0 Å². The van der Waals surface area contributed by atoms with Gasteiger partial charge in [0.15, 0.2) is 0 Å². The highest BCUT2D eigenvalue weighted by atomic mass is 13.5. The molecule has 0 N–H and O–H groups in total. The zero-order chi connectivity index (χ0) is 4.83. The number of hydrogen-bond donors (Lipinski definition) is 0. The molecule has 0 aromatic rings. The molecule has 0 aliphatic carbocycles. The summed E-state index contributed by atoms with van der Waals surface area (Å²) in [6, 6.07) is 0.